The third-order valence-electron chi connectivity index (χ3n) is 6.74. The van der Waals surface area contributed by atoms with Gasteiger partial charge < -0.3 is 0 Å². The summed E-state index contributed by atoms with van der Waals surface area (Å²) in [5.41, 5.74) is 5.88. The van der Waals surface area contributed by atoms with Crippen molar-refractivity contribution in [3.8, 4) is 0 Å². The van der Waals surface area contributed by atoms with E-state index in [-0.39, 0.29) is 5.78 Å². The zero-order chi connectivity index (χ0) is 24.5. The minimum atomic E-state index is -3.19. The maximum atomic E-state index is 13.6. The summed E-state index contributed by atoms with van der Waals surface area (Å²) < 4.78 is 25.1. The lowest BCUT2D eigenvalue weighted by molar-refractivity contribution is -0.119. The van der Waals surface area contributed by atoms with Gasteiger partial charge >= 0.3 is 0 Å². The summed E-state index contributed by atoms with van der Waals surface area (Å²) in [6.07, 6.45) is 5.64. The molecule has 1 aliphatic rings. The first kappa shape index (κ1) is 24.0. The smallest absolute Gasteiger partial charge is 0.211 e. The summed E-state index contributed by atoms with van der Waals surface area (Å²) >= 11 is 0. The van der Waals surface area contributed by atoms with Crippen molar-refractivity contribution in [3.05, 3.63) is 106 Å². The van der Waals surface area contributed by atoms with Crippen molar-refractivity contribution in [2.45, 2.75) is 32.6 Å². The van der Waals surface area contributed by atoms with Crippen LogP contribution in [0.15, 0.2) is 72.9 Å². The largest absolute Gasteiger partial charge is 0.298 e. The number of hydrogen-bond donors (Lipinski definition) is 0. The molecule has 3 aromatic rings. The lowest BCUT2D eigenvalue weighted by Gasteiger charge is -2.35. The second-order valence-electron chi connectivity index (χ2n) is 8.98. The number of benzene rings is 2. The van der Waals surface area contributed by atoms with Gasteiger partial charge in [0.05, 0.1) is 6.26 Å². The van der Waals surface area contributed by atoms with Crippen LogP contribution in [0.25, 0.3) is 5.57 Å². The molecular weight excluding hydrogens is 444 g/mol. The number of carbonyl (C=O) groups excluding carboxylic acids is 1. The third-order valence-corrected chi connectivity index (χ3v) is 8.01. The fraction of sp³-hybridized carbons (Fsp3) is 0.286. The topological polar surface area (TPSA) is 67.3 Å². The number of aryl methyl sites for hydroxylation is 2. The Kier molecular flexibility index (Phi) is 6.56. The van der Waals surface area contributed by atoms with Crippen LogP contribution in [0.1, 0.15) is 46.9 Å². The van der Waals surface area contributed by atoms with Gasteiger partial charge in [-0.2, -0.15) is 4.31 Å². The zero-order valence-electron chi connectivity index (χ0n) is 20.1. The van der Waals surface area contributed by atoms with Gasteiger partial charge in [-0.3, -0.25) is 9.78 Å². The first-order valence-corrected chi connectivity index (χ1v) is 13.2. The molecule has 0 radical (unpaired) electrons. The molecule has 0 bridgehead atoms. The van der Waals surface area contributed by atoms with Crippen molar-refractivity contribution in [2.75, 3.05) is 19.3 Å². The van der Waals surface area contributed by atoms with Crippen molar-refractivity contribution < 1.29 is 13.2 Å². The van der Waals surface area contributed by atoms with Gasteiger partial charge in [-0.1, -0.05) is 54.6 Å². The average Bonchev–Trinajstić information content (AvgIpc) is 2.81. The van der Waals surface area contributed by atoms with E-state index in [2.05, 4.69) is 4.98 Å². The van der Waals surface area contributed by atoms with E-state index in [0.717, 1.165) is 39.1 Å². The molecule has 2 aromatic carbocycles. The van der Waals surface area contributed by atoms with Crippen LogP contribution in [0, 0.1) is 13.8 Å². The Balaban J connectivity index is 1.83. The Bertz CT molecular complexity index is 1360. The fourth-order valence-corrected chi connectivity index (χ4v) is 5.76. The molecule has 5 nitrogen and oxygen atoms in total. The first-order valence-electron chi connectivity index (χ1n) is 11.4. The van der Waals surface area contributed by atoms with Crippen molar-refractivity contribution in [1.82, 2.24) is 9.29 Å². The second kappa shape index (κ2) is 9.28. The van der Waals surface area contributed by atoms with Crippen LogP contribution >= 0.6 is 0 Å². The van der Waals surface area contributed by atoms with E-state index < -0.39 is 15.4 Å². The van der Waals surface area contributed by atoms with Gasteiger partial charge in [-0.15, -0.1) is 0 Å². The molecule has 0 unspecified atom stereocenters. The van der Waals surface area contributed by atoms with Crippen LogP contribution in [0.5, 0.6) is 0 Å². The number of ketones is 1. The monoisotopic (exact) mass is 474 g/mol. The lowest BCUT2D eigenvalue weighted by atomic mass is 9.65. The molecule has 1 aromatic heterocycles. The number of rotatable bonds is 6. The molecule has 0 saturated heterocycles. The zero-order valence-corrected chi connectivity index (χ0v) is 20.9. The quantitative estimate of drug-likeness (QED) is 0.521. The Morgan fingerprint density at radius 1 is 1.00 bits per heavy atom. The number of nitrogens with zero attached hydrogens (tertiary/aromatic N) is 2. The summed E-state index contributed by atoms with van der Waals surface area (Å²) in [4.78, 5) is 17.9. The van der Waals surface area contributed by atoms with E-state index in [4.69, 9.17) is 0 Å². The molecule has 0 spiro atoms. The molecule has 0 N–H and O–H groups in total. The third kappa shape index (κ3) is 4.36. The van der Waals surface area contributed by atoms with Crippen LogP contribution in [-0.2, 0) is 20.2 Å². The predicted molar refractivity (Wildman–Crippen MR) is 136 cm³/mol. The molecule has 1 atom stereocenters. The number of aromatic nitrogens is 1. The van der Waals surface area contributed by atoms with Gasteiger partial charge in [-0.25, -0.2) is 8.42 Å². The minimum absolute atomic E-state index is 0.0424. The number of hydrogen-bond acceptors (Lipinski definition) is 4. The van der Waals surface area contributed by atoms with E-state index in [1.54, 1.807) is 13.1 Å². The van der Waals surface area contributed by atoms with Gasteiger partial charge in [0.2, 0.25) is 10.0 Å². The van der Waals surface area contributed by atoms with Crippen molar-refractivity contribution >= 4 is 21.4 Å². The van der Waals surface area contributed by atoms with E-state index in [1.807, 2.05) is 80.6 Å². The van der Waals surface area contributed by atoms with Crippen molar-refractivity contribution in [3.63, 3.8) is 0 Å². The predicted octanol–water partition coefficient (Wildman–Crippen LogP) is 4.67. The number of Topliss-reactive ketones (excluding diaryl/α,β-unsaturated/α-hetero) is 1. The SMILES string of the molecule is CC(=O)[C@](c1ccc(C2=CCN(S(C)(=O)=O)CC2)cc1)(c1ccnc(C)c1)c1ccccc1C. The van der Waals surface area contributed by atoms with Crippen LogP contribution in [-0.4, -0.2) is 42.8 Å². The van der Waals surface area contributed by atoms with Gasteiger partial charge in [-0.05, 0) is 72.7 Å². The molecular formula is C28H30N2O3S. The summed E-state index contributed by atoms with van der Waals surface area (Å²) in [5.74, 6) is 0.0424. The van der Waals surface area contributed by atoms with Crippen LogP contribution < -0.4 is 0 Å². The molecule has 2 heterocycles. The molecule has 0 amide bonds. The van der Waals surface area contributed by atoms with Crippen molar-refractivity contribution in [2.24, 2.45) is 0 Å². The van der Waals surface area contributed by atoms with Gasteiger partial charge in [0.25, 0.3) is 0 Å². The highest BCUT2D eigenvalue weighted by atomic mass is 32.2. The normalized spacial score (nSPS) is 16.5. The molecule has 0 saturated carbocycles. The summed E-state index contributed by atoms with van der Waals surface area (Å²) in [7, 11) is -3.19. The molecule has 6 heteroatoms. The maximum absolute atomic E-state index is 13.6. The van der Waals surface area contributed by atoms with Crippen LogP contribution in [0.3, 0.4) is 0 Å². The van der Waals surface area contributed by atoms with E-state index in [0.29, 0.717) is 19.5 Å². The Hall–Kier alpha value is -3.09. The van der Waals surface area contributed by atoms with E-state index in [1.165, 1.54) is 10.6 Å². The minimum Gasteiger partial charge on any atom is -0.298 e. The second-order valence-corrected chi connectivity index (χ2v) is 11.0. The van der Waals surface area contributed by atoms with Crippen molar-refractivity contribution in [1.29, 1.82) is 0 Å². The number of carbonyl (C=O) groups is 1. The molecule has 34 heavy (non-hydrogen) atoms. The summed E-state index contributed by atoms with van der Waals surface area (Å²) in [5, 5.41) is 0. The highest BCUT2D eigenvalue weighted by Crippen LogP contribution is 2.42. The fourth-order valence-electron chi connectivity index (χ4n) is 4.99. The van der Waals surface area contributed by atoms with Gasteiger partial charge in [0.1, 0.15) is 11.2 Å². The summed E-state index contributed by atoms with van der Waals surface area (Å²) in [6, 6.07) is 20.1. The number of sulfonamides is 1. The molecule has 0 aliphatic carbocycles. The summed E-state index contributed by atoms with van der Waals surface area (Å²) in [6.45, 7) is 6.48. The first-order chi connectivity index (χ1) is 16.1. The highest BCUT2D eigenvalue weighted by molar-refractivity contribution is 7.88. The average molecular weight is 475 g/mol. The number of pyridine rings is 1. The van der Waals surface area contributed by atoms with Gasteiger partial charge in [0.15, 0.2) is 0 Å². The molecule has 1 aliphatic heterocycles. The lowest BCUT2D eigenvalue weighted by Crippen LogP contribution is -2.38. The van der Waals surface area contributed by atoms with Gasteiger partial charge in [0, 0.05) is 25.0 Å². The molecule has 0 fully saturated rings. The standard InChI is InChI=1S/C28H30N2O3S/c1-20-7-5-6-8-27(20)28(22(3)31,26-13-16-29-21(2)19-26)25-11-9-23(10-12-25)24-14-17-30(18-15-24)34(4,32)33/h5-14,16,19H,15,17-18H2,1-4H3/t28-/m0/s1. The maximum Gasteiger partial charge on any atom is 0.211 e. The van der Waals surface area contributed by atoms with Crippen LogP contribution in [0.4, 0.5) is 0 Å². The molecule has 176 valence electrons. The van der Waals surface area contributed by atoms with E-state index >= 15 is 0 Å². The Morgan fingerprint density at radius 3 is 2.26 bits per heavy atom. The van der Waals surface area contributed by atoms with E-state index in [9.17, 15) is 13.2 Å². The van der Waals surface area contributed by atoms with Crippen LogP contribution in [0.2, 0.25) is 0 Å². The molecule has 4 rings (SSSR count). The Morgan fingerprint density at radius 2 is 1.71 bits per heavy atom. The Labute approximate surface area is 202 Å². The highest BCUT2D eigenvalue weighted by Gasteiger charge is 2.42.